The molecule has 11 heteroatoms. The van der Waals surface area contributed by atoms with Crippen molar-refractivity contribution < 1.29 is 19.1 Å². The van der Waals surface area contributed by atoms with Gasteiger partial charge in [0.2, 0.25) is 5.91 Å². The Morgan fingerprint density at radius 3 is 2.59 bits per heavy atom. The minimum absolute atomic E-state index is 0.134. The summed E-state index contributed by atoms with van der Waals surface area (Å²) >= 11 is 1.49. The van der Waals surface area contributed by atoms with Gasteiger partial charge in [-0.2, -0.15) is 9.78 Å². The molecule has 1 aromatic carbocycles. The molecule has 0 saturated carbocycles. The van der Waals surface area contributed by atoms with Crippen LogP contribution in [0.2, 0.25) is 0 Å². The average Bonchev–Trinajstić information content (AvgIpc) is 2.97. The molecule has 178 valence electrons. The first-order valence-electron chi connectivity index (χ1n) is 10.8. The van der Waals surface area contributed by atoms with E-state index in [-0.39, 0.29) is 23.5 Å². The summed E-state index contributed by atoms with van der Waals surface area (Å²) < 4.78 is 12.9. The highest BCUT2D eigenvalue weighted by molar-refractivity contribution is 8.00. The van der Waals surface area contributed by atoms with Gasteiger partial charge < -0.3 is 20.5 Å². The molecule has 34 heavy (non-hydrogen) atoms. The second-order valence-electron chi connectivity index (χ2n) is 7.84. The van der Waals surface area contributed by atoms with Crippen LogP contribution in [-0.2, 0) is 9.59 Å². The fraction of sp³-hybridized carbons (Fsp3) is 0.348. The summed E-state index contributed by atoms with van der Waals surface area (Å²) in [6.45, 7) is 7.71. The Labute approximate surface area is 201 Å². The van der Waals surface area contributed by atoms with Crippen molar-refractivity contribution in [3.8, 4) is 17.4 Å². The number of benzene rings is 1. The van der Waals surface area contributed by atoms with Gasteiger partial charge in [-0.15, -0.1) is 11.8 Å². The van der Waals surface area contributed by atoms with Gasteiger partial charge in [-0.25, -0.2) is 9.97 Å². The standard InChI is InChI=1S/C23H26N6O4S/c1-5-32-17-9-15(6-7-16(17)33-10-18(24)30)21-20-14(4)28-29(22(20)27-19(31)11-34-21)23-25-12(2)8-13(3)26-23/h6-9,21H,5,10-11H2,1-4H3,(H2,24,30)(H,27,31)/t21-/m1/s1. The molecule has 3 N–H and O–H groups in total. The lowest BCUT2D eigenvalue weighted by molar-refractivity contribution is -0.120. The van der Waals surface area contributed by atoms with Crippen molar-refractivity contribution in [3.05, 3.63) is 52.5 Å². The number of thioether (sulfide) groups is 1. The Hall–Kier alpha value is -3.60. The Morgan fingerprint density at radius 1 is 1.18 bits per heavy atom. The Balaban J connectivity index is 1.81. The summed E-state index contributed by atoms with van der Waals surface area (Å²) in [6, 6.07) is 7.38. The zero-order chi connectivity index (χ0) is 24.4. The smallest absolute Gasteiger partial charge is 0.255 e. The predicted molar refractivity (Wildman–Crippen MR) is 129 cm³/mol. The van der Waals surface area contributed by atoms with E-state index < -0.39 is 5.91 Å². The maximum atomic E-state index is 12.6. The lowest BCUT2D eigenvalue weighted by atomic mass is 10.0. The van der Waals surface area contributed by atoms with E-state index in [1.54, 1.807) is 10.7 Å². The van der Waals surface area contributed by atoms with Crippen LogP contribution < -0.4 is 20.5 Å². The molecule has 0 spiro atoms. The first kappa shape index (κ1) is 23.6. The zero-order valence-electron chi connectivity index (χ0n) is 19.4. The number of amides is 2. The van der Waals surface area contributed by atoms with Crippen LogP contribution in [0.4, 0.5) is 5.82 Å². The summed E-state index contributed by atoms with van der Waals surface area (Å²) in [5, 5.41) is 7.45. The second-order valence-corrected chi connectivity index (χ2v) is 8.94. The number of anilines is 1. The molecule has 2 amide bonds. The molecule has 0 fully saturated rings. The first-order valence-corrected chi connectivity index (χ1v) is 11.8. The summed E-state index contributed by atoms with van der Waals surface area (Å²) in [6.07, 6.45) is 0. The molecule has 0 unspecified atom stereocenters. The zero-order valence-corrected chi connectivity index (χ0v) is 20.2. The van der Waals surface area contributed by atoms with Crippen LogP contribution in [-0.4, -0.2) is 50.5 Å². The van der Waals surface area contributed by atoms with Crippen LogP contribution in [0, 0.1) is 20.8 Å². The van der Waals surface area contributed by atoms with E-state index in [1.165, 1.54) is 11.8 Å². The number of carbonyl (C=O) groups is 2. The molecule has 3 aromatic rings. The topological polar surface area (TPSA) is 134 Å². The number of fused-ring (bicyclic) bond motifs is 1. The molecule has 1 aliphatic heterocycles. The van der Waals surface area contributed by atoms with Gasteiger partial charge in [-0.3, -0.25) is 9.59 Å². The number of nitrogens with two attached hydrogens (primary N) is 1. The molecule has 3 heterocycles. The van der Waals surface area contributed by atoms with Crippen LogP contribution in [0.1, 0.15) is 40.4 Å². The molecule has 1 atom stereocenters. The van der Waals surface area contributed by atoms with Crippen molar-refractivity contribution in [2.45, 2.75) is 32.9 Å². The monoisotopic (exact) mass is 482 g/mol. The van der Waals surface area contributed by atoms with E-state index in [2.05, 4.69) is 20.4 Å². The molecule has 10 nitrogen and oxygen atoms in total. The number of carbonyl (C=O) groups excluding carboxylic acids is 2. The van der Waals surface area contributed by atoms with E-state index in [1.807, 2.05) is 45.9 Å². The number of ether oxygens (including phenoxy) is 2. The molecule has 0 saturated heterocycles. The number of nitrogens with one attached hydrogen (secondary N) is 1. The highest BCUT2D eigenvalue weighted by Crippen LogP contribution is 2.45. The largest absolute Gasteiger partial charge is 0.490 e. The number of hydrogen-bond donors (Lipinski definition) is 2. The average molecular weight is 483 g/mol. The van der Waals surface area contributed by atoms with E-state index in [0.29, 0.717) is 29.9 Å². The lowest BCUT2D eigenvalue weighted by Gasteiger charge is -2.18. The fourth-order valence-corrected chi connectivity index (χ4v) is 5.00. The Morgan fingerprint density at radius 2 is 1.91 bits per heavy atom. The number of primary amides is 1. The van der Waals surface area contributed by atoms with E-state index in [0.717, 1.165) is 28.2 Å². The third-order valence-corrected chi connectivity index (χ3v) is 6.38. The van der Waals surface area contributed by atoms with Crippen LogP contribution in [0.3, 0.4) is 0 Å². The minimum atomic E-state index is -0.572. The van der Waals surface area contributed by atoms with Gasteiger partial charge in [-0.05, 0) is 51.5 Å². The van der Waals surface area contributed by atoms with Crippen LogP contribution in [0.25, 0.3) is 5.95 Å². The third kappa shape index (κ3) is 4.84. The molecule has 1 aliphatic rings. The minimum Gasteiger partial charge on any atom is -0.490 e. The van der Waals surface area contributed by atoms with Crippen molar-refractivity contribution in [1.29, 1.82) is 0 Å². The van der Waals surface area contributed by atoms with Crippen LogP contribution in [0.5, 0.6) is 11.5 Å². The van der Waals surface area contributed by atoms with Gasteiger partial charge >= 0.3 is 0 Å². The number of hydrogen-bond acceptors (Lipinski definition) is 8. The van der Waals surface area contributed by atoms with Gasteiger partial charge in [0, 0.05) is 17.0 Å². The predicted octanol–water partition coefficient (Wildman–Crippen LogP) is 2.63. The number of aromatic nitrogens is 4. The lowest BCUT2D eigenvalue weighted by Crippen LogP contribution is -2.20. The highest BCUT2D eigenvalue weighted by Gasteiger charge is 2.32. The number of nitrogens with zero attached hydrogens (tertiary/aromatic N) is 4. The summed E-state index contributed by atoms with van der Waals surface area (Å²) in [4.78, 5) is 32.8. The molecule has 0 bridgehead atoms. The van der Waals surface area contributed by atoms with Gasteiger partial charge in [0.25, 0.3) is 11.9 Å². The second kappa shape index (κ2) is 9.72. The van der Waals surface area contributed by atoms with Gasteiger partial charge in [0.1, 0.15) is 5.82 Å². The molecular formula is C23H26N6O4S. The molecule has 2 aromatic heterocycles. The quantitative estimate of drug-likeness (QED) is 0.525. The fourth-order valence-electron chi connectivity index (χ4n) is 3.82. The van der Waals surface area contributed by atoms with E-state index in [9.17, 15) is 9.59 Å². The number of rotatable bonds is 7. The normalized spacial score (nSPS) is 15.3. The van der Waals surface area contributed by atoms with Crippen molar-refractivity contribution in [3.63, 3.8) is 0 Å². The first-order chi connectivity index (χ1) is 16.3. The van der Waals surface area contributed by atoms with Gasteiger partial charge in [-0.1, -0.05) is 6.07 Å². The van der Waals surface area contributed by atoms with Crippen LogP contribution >= 0.6 is 11.8 Å². The molecule has 0 aliphatic carbocycles. The van der Waals surface area contributed by atoms with Gasteiger partial charge in [0.15, 0.2) is 18.1 Å². The number of aryl methyl sites for hydroxylation is 3. The molecular weight excluding hydrogens is 456 g/mol. The van der Waals surface area contributed by atoms with Crippen LogP contribution in [0.15, 0.2) is 24.3 Å². The third-order valence-electron chi connectivity index (χ3n) is 5.11. The maximum absolute atomic E-state index is 12.6. The van der Waals surface area contributed by atoms with Crippen molar-refractivity contribution in [2.75, 3.05) is 24.3 Å². The SMILES string of the molecule is CCOc1cc([C@H]2SCC(=O)Nc3c2c(C)nn3-c2nc(C)cc(C)n2)ccc1OCC(N)=O. The molecule has 4 rings (SSSR count). The van der Waals surface area contributed by atoms with Crippen molar-refractivity contribution in [2.24, 2.45) is 5.73 Å². The van der Waals surface area contributed by atoms with Crippen molar-refractivity contribution >= 4 is 29.4 Å². The Kier molecular flexibility index (Phi) is 6.73. The molecule has 0 radical (unpaired) electrons. The van der Waals surface area contributed by atoms with Crippen molar-refractivity contribution in [1.82, 2.24) is 19.7 Å². The summed E-state index contributed by atoms with van der Waals surface area (Å²) in [7, 11) is 0. The summed E-state index contributed by atoms with van der Waals surface area (Å²) in [5.74, 6) is 1.43. The maximum Gasteiger partial charge on any atom is 0.255 e. The van der Waals surface area contributed by atoms with E-state index >= 15 is 0 Å². The highest BCUT2D eigenvalue weighted by atomic mass is 32.2. The van der Waals surface area contributed by atoms with E-state index in [4.69, 9.17) is 15.2 Å². The summed E-state index contributed by atoms with van der Waals surface area (Å²) in [5.41, 5.74) is 9.36. The van der Waals surface area contributed by atoms with Gasteiger partial charge in [0.05, 0.1) is 23.3 Å². The Bertz CT molecular complexity index is 1240.